The van der Waals surface area contributed by atoms with Crippen LogP contribution in [0.4, 0.5) is 0 Å². The summed E-state index contributed by atoms with van der Waals surface area (Å²) in [6, 6.07) is 0. The predicted molar refractivity (Wildman–Crippen MR) is 53.3 cm³/mol. The predicted octanol–water partition coefficient (Wildman–Crippen LogP) is 1.79. The zero-order valence-corrected chi connectivity index (χ0v) is 9.59. The minimum atomic E-state index is -0.354. The van der Waals surface area contributed by atoms with Crippen LogP contribution >= 0.6 is 45.2 Å². The molecule has 0 spiro atoms. The SMILES string of the molecule is COC(=O)C(C)(I)CI. The first kappa shape index (κ1) is 9.93. The maximum Gasteiger partial charge on any atom is 0.322 e. The monoisotopic (exact) mass is 354 g/mol. The van der Waals surface area contributed by atoms with Gasteiger partial charge in [0.25, 0.3) is 0 Å². The van der Waals surface area contributed by atoms with Gasteiger partial charge >= 0.3 is 5.97 Å². The van der Waals surface area contributed by atoms with Gasteiger partial charge in [-0.25, -0.2) is 0 Å². The molecule has 0 amide bonds. The molecular weight excluding hydrogens is 346 g/mol. The molecule has 0 aromatic carbocycles. The number of rotatable bonds is 2. The molecule has 1 atom stereocenters. The average molecular weight is 354 g/mol. The Morgan fingerprint density at radius 1 is 1.78 bits per heavy atom. The lowest BCUT2D eigenvalue weighted by Crippen LogP contribution is -2.30. The average Bonchev–Trinajstić information content (AvgIpc) is 1.86. The fraction of sp³-hybridized carbons (Fsp3) is 0.800. The van der Waals surface area contributed by atoms with E-state index in [1.807, 2.05) is 6.92 Å². The van der Waals surface area contributed by atoms with Gasteiger partial charge in [0.15, 0.2) is 0 Å². The Labute approximate surface area is 82.0 Å². The van der Waals surface area contributed by atoms with Crippen LogP contribution in [0.15, 0.2) is 0 Å². The first-order valence-corrected chi connectivity index (χ1v) is 4.98. The van der Waals surface area contributed by atoms with E-state index < -0.39 is 0 Å². The lowest BCUT2D eigenvalue weighted by molar-refractivity contribution is -0.141. The fourth-order valence-electron chi connectivity index (χ4n) is 0.267. The molecule has 0 aliphatic carbocycles. The number of carbonyl (C=O) groups is 1. The van der Waals surface area contributed by atoms with Crippen molar-refractivity contribution in [1.29, 1.82) is 0 Å². The van der Waals surface area contributed by atoms with Crippen LogP contribution in [-0.2, 0) is 9.53 Å². The molecule has 0 heterocycles. The number of alkyl halides is 2. The minimum absolute atomic E-state index is 0.155. The lowest BCUT2D eigenvalue weighted by Gasteiger charge is -2.14. The highest BCUT2D eigenvalue weighted by atomic mass is 127. The lowest BCUT2D eigenvalue weighted by atomic mass is 10.2. The Hall–Kier alpha value is 0.930. The van der Waals surface area contributed by atoms with Crippen LogP contribution in [0.5, 0.6) is 0 Å². The van der Waals surface area contributed by atoms with Gasteiger partial charge in [-0.1, -0.05) is 45.2 Å². The number of hydrogen-bond donors (Lipinski definition) is 0. The van der Waals surface area contributed by atoms with Crippen LogP contribution in [0.3, 0.4) is 0 Å². The second-order valence-electron chi connectivity index (χ2n) is 1.82. The van der Waals surface area contributed by atoms with Crippen molar-refractivity contribution in [2.24, 2.45) is 0 Å². The third kappa shape index (κ3) is 3.01. The van der Waals surface area contributed by atoms with Crippen molar-refractivity contribution in [3.05, 3.63) is 0 Å². The number of halogens is 2. The molecule has 0 N–H and O–H groups in total. The number of carbonyl (C=O) groups excluding carboxylic acids is 1. The van der Waals surface area contributed by atoms with E-state index in [1.54, 1.807) is 0 Å². The maximum absolute atomic E-state index is 10.8. The van der Waals surface area contributed by atoms with E-state index in [4.69, 9.17) is 0 Å². The van der Waals surface area contributed by atoms with Crippen molar-refractivity contribution >= 4 is 51.2 Å². The van der Waals surface area contributed by atoms with Crippen LogP contribution in [0.2, 0.25) is 0 Å². The summed E-state index contributed by atoms with van der Waals surface area (Å²) in [5, 5.41) is 0. The van der Waals surface area contributed by atoms with Crippen molar-refractivity contribution in [2.75, 3.05) is 11.5 Å². The van der Waals surface area contributed by atoms with Crippen LogP contribution in [-0.4, -0.2) is 20.9 Å². The molecule has 0 aromatic rings. The summed E-state index contributed by atoms with van der Waals surface area (Å²) < 4.78 is 4.98. The molecule has 0 bridgehead atoms. The van der Waals surface area contributed by atoms with E-state index in [0.717, 1.165) is 4.43 Å². The molecule has 0 aromatic heterocycles. The van der Waals surface area contributed by atoms with E-state index in [1.165, 1.54) is 7.11 Å². The van der Waals surface area contributed by atoms with Gasteiger partial charge in [-0.3, -0.25) is 4.79 Å². The molecule has 0 rings (SSSR count). The molecule has 0 aliphatic heterocycles. The summed E-state index contributed by atoms with van der Waals surface area (Å²) in [4.78, 5) is 10.8. The second kappa shape index (κ2) is 3.95. The van der Waals surface area contributed by atoms with Crippen molar-refractivity contribution in [1.82, 2.24) is 0 Å². The largest absolute Gasteiger partial charge is 0.468 e. The number of esters is 1. The zero-order chi connectivity index (χ0) is 7.49. The van der Waals surface area contributed by atoms with Gasteiger partial charge in [0, 0.05) is 4.43 Å². The summed E-state index contributed by atoms with van der Waals surface area (Å²) in [7, 11) is 1.41. The molecule has 0 saturated heterocycles. The van der Waals surface area contributed by atoms with Crippen molar-refractivity contribution in [3.63, 3.8) is 0 Å². The van der Waals surface area contributed by atoms with Crippen LogP contribution in [0.1, 0.15) is 6.92 Å². The third-order valence-corrected chi connectivity index (χ3v) is 4.67. The molecule has 0 aliphatic rings. The highest BCUT2D eigenvalue weighted by Gasteiger charge is 2.28. The van der Waals surface area contributed by atoms with Crippen molar-refractivity contribution in [3.8, 4) is 0 Å². The summed E-state index contributed by atoms with van der Waals surface area (Å²) in [6.45, 7) is 1.85. The topological polar surface area (TPSA) is 26.3 Å². The van der Waals surface area contributed by atoms with Crippen LogP contribution in [0.25, 0.3) is 0 Å². The molecule has 1 unspecified atom stereocenters. The van der Waals surface area contributed by atoms with Gasteiger partial charge in [0.1, 0.15) is 3.42 Å². The fourth-order valence-corrected chi connectivity index (χ4v) is 0.799. The highest BCUT2D eigenvalue weighted by Crippen LogP contribution is 2.21. The Bertz CT molecular complexity index is 112. The smallest absolute Gasteiger partial charge is 0.322 e. The molecule has 0 radical (unpaired) electrons. The van der Waals surface area contributed by atoms with E-state index in [-0.39, 0.29) is 9.39 Å². The third-order valence-electron chi connectivity index (χ3n) is 0.862. The molecule has 9 heavy (non-hydrogen) atoms. The van der Waals surface area contributed by atoms with Gasteiger partial charge in [-0.2, -0.15) is 0 Å². The second-order valence-corrected chi connectivity index (χ2v) is 4.97. The van der Waals surface area contributed by atoms with Gasteiger partial charge in [-0.15, -0.1) is 0 Å². The summed E-state index contributed by atoms with van der Waals surface area (Å²) >= 11 is 4.24. The Morgan fingerprint density at radius 2 is 2.22 bits per heavy atom. The minimum Gasteiger partial charge on any atom is -0.468 e. The van der Waals surface area contributed by atoms with Gasteiger partial charge in [-0.05, 0) is 6.92 Å². The Morgan fingerprint density at radius 3 is 2.33 bits per heavy atom. The first-order valence-electron chi connectivity index (χ1n) is 2.38. The normalized spacial score (nSPS) is 16.4. The van der Waals surface area contributed by atoms with E-state index in [2.05, 4.69) is 49.9 Å². The molecule has 4 heteroatoms. The summed E-state index contributed by atoms with van der Waals surface area (Å²) in [5.74, 6) is -0.155. The molecule has 54 valence electrons. The molecule has 0 fully saturated rings. The quantitative estimate of drug-likeness (QED) is 0.430. The van der Waals surface area contributed by atoms with Crippen LogP contribution in [0, 0.1) is 0 Å². The Balaban J connectivity index is 3.97. The summed E-state index contributed by atoms with van der Waals surface area (Å²) in [5.41, 5.74) is 0. The van der Waals surface area contributed by atoms with Crippen LogP contribution < -0.4 is 0 Å². The van der Waals surface area contributed by atoms with E-state index >= 15 is 0 Å². The Kier molecular flexibility index (Phi) is 4.35. The zero-order valence-electron chi connectivity index (χ0n) is 5.28. The van der Waals surface area contributed by atoms with E-state index in [0.29, 0.717) is 0 Å². The first-order chi connectivity index (χ1) is 4.04. The van der Waals surface area contributed by atoms with Gasteiger partial charge in [0.05, 0.1) is 7.11 Å². The number of methoxy groups -OCH3 is 1. The molecule has 0 saturated carbocycles. The molecular formula is C5H8I2O2. The number of hydrogen-bond acceptors (Lipinski definition) is 2. The maximum atomic E-state index is 10.8. The van der Waals surface area contributed by atoms with Gasteiger partial charge in [0.2, 0.25) is 0 Å². The van der Waals surface area contributed by atoms with E-state index in [9.17, 15) is 4.79 Å². The molecule has 2 nitrogen and oxygen atoms in total. The van der Waals surface area contributed by atoms with Crippen molar-refractivity contribution in [2.45, 2.75) is 10.3 Å². The highest BCUT2D eigenvalue weighted by molar-refractivity contribution is 14.1. The van der Waals surface area contributed by atoms with Gasteiger partial charge < -0.3 is 4.74 Å². The number of ether oxygens (including phenoxy) is 1. The van der Waals surface area contributed by atoms with Crippen molar-refractivity contribution < 1.29 is 9.53 Å². The summed E-state index contributed by atoms with van der Waals surface area (Å²) in [6.07, 6.45) is 0. The standard InChI is InChI=1S/C5H8I2O2/c1-5(7,3-6)4(8)9-2/h3H2,1-2H3.